The van der Waals surface area contributed by atoms with Crippen molar-refractivity contribution in [2.24, 2.45) is 11.8 Å². The monoisotopic (exact) mass is 332 g/mol. The van der Waals surface area contributed by atoms with Crippen LogP contribution in [-0.4, -0.2) is 19.0 Å². The summed E-state index contributed by atoms with van der Waals surface area (Å²) in [7, 11) is 0. The van der Waals surface area contributed by atoms with Gasteiger partial charge in [0.05, 0.1) is 12.0 Å². The van der Waals surface area contributed by atoms with Crippen LogP contribution in [0, 0.1) is 23.5 Å². The molecular weight excluding hydrogens is 310 g/mol. The molecule has 0 spiro atoms. The first-order valence-corrected chi connectivity index (χ1v) is 7.45. The molecule has 1 aromatic carbocycles. The van der Waals surface area contributed by atoms with Gasteiger partial charge in [0.15, 0.2) is 0 Å². The summed E-state index contributed by atoms with van der Waals surface area (Å²) in [6, 6.07) is 3.05. The molecule has 1 aromatic rings. The van der Waals surface area contributed by atoms with Crippen molar-refractivity contribution in [1.82, 2.24) is 10.6 Å². The number of carbonyl (C=O) groups excluding carboxylic acids is 1. The molecule has 2 N–H and O–H groups in total. The third-order valence-electron chi connectivity index (χ3n) is 3.93. The van der Waals surface area contributed by atoms with Crippen LogP contribution in [0.15, 0.2) is 18.2 Å². The van der Waals surface area contributed by atoms with Crippen LogP contribution >= 0.6 is 12.4 Å². The van der Waals surface area contributed by atoms with Gasteiger partial charge >= 0.3 is 0 Å². The number of hydrogen-bond acceptors (Lipinski definition) is 2. The Kier molecular flexibility index (Phi) is 7.23. The molecule has 3 nitrogen and oxygen atoms in total. The summed E-state index contributed by atoms with van der Waals surface area (Å²) in [6.07, 6.45) is 1.81. The molecule has 6 heteroatoms. The molecule has 1 aliphatic heterocycles. The Morgan fingerprint density at radius 1 is 1.36 bits per heavy atom. The fraction of sp³-hybridized carbons (Fsp3) is 0.562. The van der Waals surface area contributed by atoms with Crippen molar-refractivity contribution in [2.45, 2.75) is 32.7 Å². The van der Waals surface area contributed by atoms with E-state index in [0.29, 0.717) is 12.1 Å². The van der Waals surface area contributed by atoms with Crippen LogP contribution < -0.4 is 10.6 Å². The first kappa shape index (κ1) is 18.8. The molecule has 0 radical (unpaired) electrons. The van der Waals surface area contributed by atoms with Crippen molar-refractivity contribution in [3.8, 4) is 0 Å². The number of piperidine rings is 1. The van der Waals surface area contributed by atoms with Gasteiger partial charge < -0.3 is 10.6 Å². The molecule has 1 amide bonds. The molecule has 1 heterocycles. The second-order valence-corrected chi connectivity index (χ2v) is 5.94. The largest absolute Gasteiger partial charge is 0.349 e. The summed E-state index contributed by atoms with van der Waals surface area (Å²) in [5.74, 6) is -1.35. The summed E-state index contributed by atoms with van der Waals surface area (Å²) in [4.78, 5) is 12.3. The molecule has 2 unspecified atom stereocenters. The molecule has 22 heavy (non-hydrogen) atoms. The molecule has 0 aliphatic carbocycles. The van der Waals surface area contributed by atoms with Crippen molar-refractivity contribution in [3.63, 3.8) is 0 Å². The van der Waals surface area contributed by atoms with E-state index in [2.05, 4.69) is 10.6 Å². The van der Waals surface area contributed by atoms with Crippen LogP contribution in [0.1, 0.15) is 38.3 Å². The quantitative estimate of drug-likeness (QED) is 0.889. The smallest absolute Gasteiger partial charge is 0.224 e. The number of carbonyl (C=O) groups is 1. The van der Waals surface area contributed by atoms with Crippen LogP contribution in [0.3, 0.4) is 0 Å². The molecule has 0 saturated carbocycles. The standard InChI is InChI=1S/C16H22F2N2O.ClH/c1-10(2)15(13-6-5-12(17)8-14(13)18)20-16(21)11-4-3-7-19-9-11;/h5-6,8,10-11,15,19H,3-4,7,9H2,1-2H3,(H,20,21);1H. The summed E-state index contributed by atoms with van der Waals surface area (Å²) >= 11 is 0. The lowest BCUT2D eigenvalue weighted by Gasteiger charge is -2.28. The molecule has 2 atom stereocenters. The zero-order chi connectivity index (χ0) is 15.4. The molecule has 0 aromatic heterocycles. The molecule has 124 valence electrons. The summed E-state index contributed by atoms with van der Waals surface area (Å²) < 4.78 is 27.0. The van der Waals surface area contributed by atoms with E-state index < -0.39 is 17.7 Å². The van der Waals surface area contributed by atoms with Gasteiger partial charge in [0.1, 0.15) is 11.6 Å². The molecule has 1 saturated heterocycles. The molecule has 1 aliphatic rings. The minimum Gasteiger partial charge on any atom is -0.349 e. The van der Waals surface area contributed by atoms with Gasteiger partial charge in [-0.3, -0.25) is 4.79 Å². The first-order valence-electron chi connectivity index (χ1n) is 7.45. The number of nitrogens with one attached hydrogen (secondary N) is 2. The topological polar surface area (TPSA) is 41.1 Å². The third-order valence-corrected chi connectivity index (χ3v) is 3.93. The van der Waals surface area contributed by atoms with Gasteiger partial charge in [0.2, 0.25) is 5.91 Å². The van der Waals surface area contributed by atoms with Crippen LogP contribution in [0.4, 0.5) is 8.78 Å². The van der Waals surface area contributed by atoms with Crippen molar-refractivity contribution >= 4 is 18.3 Å². The van der Waals surface area contributed by atoms with Crippen LogP contribution in [0.2, 0.25) is 0 Å². The summed E-state index contributed by atoms with van der Waals surface area (Å²) in [5.41, 5.74) is 0.337. The van der Waals surface area contributed by atoms with Gasteiger partial charge in [-0.15, -0.1) is 12.4 Å². The maximum Gasteiger partial charge on any atom is 0.224 e. The Hall–Kier alpha value is -1.20. The van der Waals surface area contributed by atoms with Gasteiger partial charge in [-0.1, -0.05) is 19.9 Å². The third kappa shape index (κ3) is 4.65. The number of rotatable bonds is 4. The van der Waals surface area contributed by atoms with Gasteiger partial charge in [0.25, 0.3) is 0 Å². The summed E-state index contributed by atoms with van der Waals surface area (Å²) in [5, 5.41) is 6.11. The number of hydrogen-bond donors (Lipinski definition) is 2. The molecular formula is C16H23ClF2N2O. The fourth-order valence-electron chi connectivity index (χ4n) is 2.70. The summed E-state index contributed by atoms with van der Waals surface area (Å²) in [6.45, 7) is 5.41. The number of amides is 1. The minimum absolute atomic E-state index is 0. The van der Waals surface area contributed by atoms with Gasteiger partial charge in [-0.05, 0) is 31.4 Å². The van der Waals surface area contributed by atoms with Crippen molar-refractivity contribution in [3.05, 3.63) is 35.4 Å². The van der Waals surface area contributed by atoms with Gasteiger partial charge in [-0.25, -0.2) is 8.78 Å². The predicted octanol–water partition coefficient (Wildman–Crippen LogP) is 3.20. The Morgan fingerprint density at radius 3 is 2.64 bits per heavy atom. The van der Waals surface area contributed by atoms with Crippen LogP contribution in [-0.2, 0) is 4.79 Å². The molecule has 0 bridgehead atoms. The highest BCUT2D eigenvalue weighted by molar-refractivity contribution is 5.85. The lowest BCUT2D eigenvalue weighted by molar-refractivity contribution is -0.126. The Morgan fingerprint density at radius 2 is 2.09 bits per heavy atom. The van der Waals surface area contributed by atoms with E-state index in [4.69, 9.17) is 0 Å². The average molecular weight is 333 g/mol. The minimum atomic E-state index is -0.615. The van der Waals surface area contributed by atoms with E-state index >= 15 is 0 Å². The van der Waals surface area contributed by atoms with E-state index in [9.17, 15) is 13.6 Å². The lowest BCUT2D eigenvalue weighted by Crippen LogP contribution is -2.43. The maximum absolute atomic E-state index is 13.9. The van der Waals surface area contributed by atoms with Crippen LogP contribution in [0.5, 0.6) is 0 Å². The highest BCUT2D eigenvalue weighted by Crippen LogP contribution is 2.25. The number of halogens is 3. The maximum atomic E-state index is 13.9. The Balaban J connectivity index is 0.00000242. The number of benzene rings is 1. The van der Waals surface area contributed by atoms with Crippen LogP contribution in [0.25, 0.3) is 0 Å². The Bertz CT molecular complexity index is 505. The fourth-order valence-corrected chi connectivity index (χ4v) is 2.70. The SMILES string of the molecule is CC(C)C(NC(=O)C1CCCNC1)c1ccc(F)cc1F.Cl. The van der Waals surface area contributed by atoms with Gasteiger partial charge in [-0.2, -0.15) is 0 Å². The van der Waals surface area contributed by atoms with E-state index in [1.807, 2.05) is 13.8 Å². The van der Waals surface area contributed by atoms with Crippen molar-refractivity contribution in [1.29, 1.82) is 0 Å². The predicted molar refractivity (Wildman–Crippen MR) is 84.9 cm³/mol. The average Bonchev–Trinajstić information content (AvgIpc) is 2.46. The molecule has 2 rings (SSSR count). The van der Waals surface area contributed by atoms with E-state index in [1.165, 1.54) is 12.1 Å². The Labute approximate surface area is 136 Å². The first-order chi connectivity index (χ1) is 9.99. The van der Waals surface area contributed by atoms with Gasteiger partial charge in [0, 0.05) is 18.2 Å². The highest BCUT2D eigenvalue weighted by atomic mass is 35.5. The second kappa shape index (κ2) is 8.44. The van der Waals surface area contributed by atoms with E-state index in [1.54, 1.807) is 0 Å². The zero-order valence-corrected chi connectivity index (χ0v) is 13.7. The van der Waals surface area contributed by atoms with E-state index in [0.717, 1.165) is 25.5 Å². The second-order valence-electron chi connectivity index (χ2n) is 5.94. The zero-order valence-electron chi connectivity index (χ0n) is 12.9. The van der Waals surface area contributed by atoms with Crippen molar-refractivity contribution in [2.75, 3.05) is 13.1 Å². The van der Waals surface area contributed by atoms with E-state index in [-0.39, 0.29) is 30.2 Å². The normalized spacial score (nSPS) is 19.4. The highest BCUT2D eigenvalue weighted by Gasteiger charge is 2.26. The van der Waals surface area contributed by atoms with Crippen molar-refractivity contribution < 1.29 is 13.6 Å². The lowest BCUT2D eigenvalue weighted by atomic mass is 9.93. The molecule has 1 fully saturated rings.